The van der Waals surface area contributed by atoms with Gasteiger partial charge >= 0.3 is 0 Å². The van der Waals surface area contributed by atoms with Gasteiger partial charge < -0.3 is 0 Å². The molecule has 0 aliphatic heterocycles. The van der Waals surface area contributed by atoms with Gasteiger partial charge in [0, 0.05) is 12.1 Å². The van der Waals surface area contributed by atoms with Crippen LogP contribution in [0.3, 0.4) is 0 Å². The summed E-state index contributed by atoms with van der Waals surface area (Å²) in [5.74, 6) is 0.0775. The molecule has 0 saturated carbocycles. The summed E-state index contributed by atoms with van der Waals surface area (Å²) in [5.41, 5.74) is 1.69. The molecule has 104 valence electrons. The van der Waals surface area contributed by atoms with Crippen LogP contribution in [0.25, 0.3) is 0 Å². The van der Waals surface area contributed by atoms with E-state index in [1.165, 1.54) is 0 Å². The fraction of sp³-hybridized carbons (Fsp3) is 0.118. The van der Waals surface area contributed by atoms with E-state index in [4.69, 9.17) is 0 Å². The molecule has 2 aromatic rings. The van der Waals surface area contributed by atoms with Crippen LogP contribution in [0.1, 0.15) is 22.0 Å². The lowest BCUT2D eigenvalue weighted by molar-refractivity contribution is 0.0945. The highest BCUT2D eigenvalue weighted by atomic mass is 35.5. The Kier molecular flexibility index (Phi) is 6.71. The molecule has 1 N–H and O–H groups in total. The number of carbonyl (C=O) groups excluding carboxylic acids is 1. The van der Waals surface area contributed by atoms with E-state index in [9.17, 15) is 4.79 Å². The minimum Gasteiger partial charge on any atom is -0.300 e. The molecule has 2 aromatic carbocycles. The lowest BCUT2D eigenvalue weighted by atomic mass is 9.97. The Morgan fingerprint density at radius 3 is 2.15 bits per heavy atom. The normalized spacial score (nSPS) is 11.2. The van der Waals surface area contributed by atoms with Crippen molar-refractivity contribution in [1.82, 2.24) is 5.32 Å². The van der Waals surface area contributed by atoms with Gasteiger partial charge in [0.15, 0.2) is 5.78 Å². The smallest absolute Gasteiger partial charge is 0.184 e. The molecule has 0 aromatic heterocycles. The first-order chi connectivity index (χ1) is 9.33. The second kappa shape index (κ2) is 8.31. The SMILES string of the molecule is C=CCNC(C(=O)c1ccccc1)c1ccccc1.Cl. The standard InChI is InChI=1S/C17H17NO.ClH/c1-2-13-18-16(14-9-5-3-6-10-14)17(19)15-11-7-4-8-12-15;/h2-12,16,18H,1,13H2;1H. The number of carbonyl (C=O) groups is 1. The van der Waals surface area contributed by atoms with Crippen LogP contribution in [0, 0.1) is 0 Å². The minimum absolute atomic E-state index is 0. The highest BCUT2D eigenvalue weighted by Crippen LogP contribution is 2.18. The second-order valence-corrected chi connectivity index (χ2v) is 4.27. The number of nitrogens with one attached hydrogen (secondary N) is 1. The monoisotopic (exact) mass is 287 g/mol. The lowest BCUT2D eigenvalue weighted by Gasteiger charge is -2.17. The van der Waals surface area contributed by atoms with Crippen LogP contribution in [0.15, 0.2) is 73.3 Å². The first-order valence-corrected chi connectivity index (χ1v) is 6.31. The van der Waals surface area contributed by atoms with Gasteiger partial charge in [-0.05, 0) is 5.56 Å². The van der Waals surface area contributed by atoms with Crippen LogP contribution < -0.4 is 5.32 Å². The first kappa shape index (κ1) is 16.2. The zero-order chi connectivity index (χ0) is 13.5. The molecule has 2 rings (SSSR count). The summed E-state index contributed by atoms with van der Waals surface area (Å²) in [6.45, 7) is 4.28. The van der Waals surface area contributed by atoms with Gasteiger partial charge in [-0.2, -0.15) is 0 Å². The molecule has 20 heavy (non-hydrogen) atoms. The summed E-state index contributed by atoms with van der Waals surface area (Å²) < 4.78 is 0. The molecule has 1 unspecified atom stereocenters. The Hall–Kier alpha value is -1.90. The van der Waals surface area contributed by atoms with Crippen molar-refractivity contribution in [3.05, 3.63) is 84.4 Å². The first-order valence-electron chi connectivity index (χ1n) is 6.31. The maximum absolute atomic E-state index is 12.6. The zero-order valence-electron chi connectivity index (χ0n) is 11.2. The van der Waals surface area contributed by atoms with Crippen molar-refractivity contribution in [2.45, 2.75) is 6.04 Å². The summed E-state index contributed by atoms with van der Waals surface area (Å²) in [4.78, 5) is 12.6. The molecule has 0 fully saturated rings. The third-order valence-corrected chi connectivity index (χ3v) is 2.92. The lowest BCUT2D eigenvalue weighted by Crippen LogP contribution is -2.28. The molecule has 3 heteroatoms. The van der Waals surface area contributed by atoms with Crippen LogP contribution in [0.2, 0.25) is 0 Å². The van der Waals surface area contributed by atoms with Crippen molar-refractivity contribution in [1.29, 1.82) is 0 Å². The quantitative estimate of drug-likeness (QED) is 0.647. The number of Topliss-reactive ketones (excluding diaryl/α,β-unsaturated/α-hetero) is 1. The number of benzene rings is 2. The van der Waals surface area contributed by atoms with Crippen molar-refractivity contribution in [3.8, 4) is 0 Å². The molecule has 0 heterocycles. The average Bonchev–Trinajstić information content (AvgIpc) is 2.49. The minimum atomic E-state index is -0.332. The molecule has 0 bridgehead atoms. The van der Waals surface area contributed by atoms with Gasteiger partial charge in [0.2, 0.25) is 0 Å². The molecule has 1 atom stereocenters. The third kappa shape index (κ3) is 4.05. The van der Waals surface area contributed by atoms with Crippen LogP contribution in [-0.2, 0) is 0 Å². The van der Waals surface area contributed by atoms with Crippen LogP contribution in [0.5, 0.6) is 0 Å². The Balaban J connectivity index is 0.00000200. The number of ketones is 1. The van der Waals surface area contributed by atoms with Gasteiger partial charge in [-0.3, -0.25) is 10.1 Å². The summed E-state index contributed by atoms with van der Waals surface area (Å²) in [6.07, 6.45) is 1.76. The third-order valence-electron chi connectivity index (χ3n) is 2.92. The van der Waals surface area contributed by atoms with Crippen LogP contribution in [0.4, 0.5) is 0 Å². The van der Waals surface area contributed by atoms with Crippen molar-refractivity contribution in [2.75, 3.05) is 6.54 Å². The number of rotatable bonds is 6. The van der Waals surface area contributed by atoms with E-state index in [0.29, 0.717) is 12.1 Å². The highest BCUT2D eigenvalue weighted by Gasteiger charge is 2.20. The predicted molar refractivity (Wildman–Crippen MR) is 85.4 cm³/mol. The molecule has 0 radical (unpaired) electrons. The van der Waals surface area contributed by atoms with E-state index in [1.54, 1.807) is 6.08 Å². The van der Waals surface area contributed by atoms with Crippen molar-refractivity contribution in [2.24, 2.45) is 0 Å². The summed E-state index contributed by atoms with van der Waals surface area (Å²) >= 11 is 0. The molecule has 0 saturated heterocycles. The van der Waals surface area contributed by atoms with Crippen LogP contribution in [-0.4, -0.2) is 12.3 Å². The van der Waals surface area contributed by atoms with Crippen molar-refractivity contribution < 1.29 is 4.79 Å². The van der Waals surface area contributed by atoms with Gasteiger partial charge in [0.25, 0.3) is 0 Å². The van der Waals surface area contributed by atoms with E-state index in [-0.39, 0.29) is 24.2 Å². The molecule has 0 aliphatic rings. The summed E-state index contributed by atoms with van der Waals surface area (Å²) in [5, 5.41) is 3.22. The molecule has 0 amide bonds. The molecular weight excluding hydrogens is 270 g/mol. The maximum Gasteiger partial charge on any atom is 0.184 e. The van der Waals surface area contributed by atoms with Gasteiger partial charge in [-0.15, -0.1) is 19.0 Å². The average molecular weight is 288 g/mol. The van der Waals surface area contributed by atoms with Gasteiger partial charge in [-0.1, -0.05) is 66.7 Å². The number of hydrogen-bond acceptors (Lipinski definition) is 2. The number of hydrogen-bond donors (Lipinski definition) is 1. The van der Waals surface area contributed by atoms with Crippen molar-refractivity contribution in [3.63, 3.8) is 0 Å². The maximum atomic E-state index is 12.6. The fourth-order valence-corrected chi connectivity index (χ4v) is 1.98. The Bertz CT molecular complexity index is 539. The fourth-order valence-electron chi connectivity index (χ4n) is 1.98. The molecule has 0 aliphatic carbocycles. The number of halogens is 1. The van der Waals surface area contributed by atoms with E-state index >= 15 is 0 Å². The zero-order valence-corrected chi connectivity index (χ0v) is 12.0. The second-order valence-electron chi connectivity index (χ2n) is 4.27. The van der Waals surface area contributed by atoms with Crippen molar-refractivity contribution >= 4 is 18.2 Å². The molecular formula is C17H18ClNO. The largest absolute Gasteiger partial charge is 0.300 e. The van der Waals surface area contributed by atoms with Gasteiger partial charge in [0.05, 0.1) is 6.04 Å². The highest BCUT2D eigenvalue weighted by molar-refractivity contribution is 6.00. The summed E-state index contributed by atoms with van der Waals surface area (Å²) in [6, 6.07) is 18.8. The van der Waals surface area contributed by atoms with Gasteiger partial charge in [-0.25, -0.2) is 0 Å². The Labute approximate surface area is 125 Å². The van der Waals surface area contributed by atoms with Crippen LogP contribution >= 0.6 is 12.4 Å². The van der Waals surface area contributed by atoms with E-state index < -0.39 is 0 Å². The molecule has 2 nitrogen and oxygen atoms in total. The predicted octanol–water partition coefficient (Wildman–Crippen LogP) is 3.81. The Morgan fingerprint density at radius 1 is 1.05 bits per heavy atom. The Morgan fingerprint density at radius 2 is 1.60 bits per heavy atom. The van der Waals surface area contributed by atoms with E-state index in [0.717, 1.165) is 5.56 Å². The van der Waals surface area contributed by atoms with Gasteiger partial charge in [0.1, 0.15) is 0 Å². The summed E-state index contributed by atoms with van der Waals surface area (Å²) in [7, 11) is 0. The topological polar surface area (TPSA) is 29.1 Å². The molecule has 0 spiro atoms. The van der Waals surface area contributed by atoms with E-state index in [1.807, 2.05) is 60.7 Å². The van der Waals surface area contributed by atoms with E-state index in [2.05, 4.69) is 11.9 Å².